The number of aryl methyl sites for hydroxylation is 1. The van der Waals surface area contributed by atoms with Crippen molar-refractivity contribution in [2.45, 2.75) is 64.2 Å². The zero-order valence-electron chi connectivity index (χ0n) is 13.4. The fraction of sp³-hybridized carbons (Fsp3) is 0.647. The first-order valence-corrected chi connectivity index (χ1v) is 9.31. The van der Waals surface area contributed by atoms with E-state index < -0.39 is 10.1 Å². The molecule has 21 heavy (non-hydrogen) atoms. The maximum Gasteiger partial charge on any atom is 0.294 e. The standard InChI is InChI=1S/C10H20.C7H8O3S/c1-3-4-10-7-5-9(2)6-8-10;1-6-2-4-7(5-3-6)11(8,9)10/h9-10H,3-8H2,1-2H3;2-5H,1H3,(H,8,9,10). The van der Waals surface area contributed by atoms with Gasteiger partial charge < -0.3 is 0 Å². The molecule has 1 aromatic carbocycles. The summed E-state index contributed by atoms with van der Waals surface area (Å²) >= 11 is 0. The zero-order valence-corrected chi connectivity index (χ0v) is 14.2. The van der Waals surface area contributed by atoms with Crippen LogP contribution in [0.15, 0.2) is 29.2 Å². The van der Waals surface area contributed by atoms with Crippen LogP contribution in [0, 0.1) is 18.8 Å². The Morgan fingerprint density at radius 2 is 1.62 bits per heavy atom. The third kappa shape index (κ3) is 7.09. The van der Waals surface area contributed by atoms with E-state index in [-0.39, 0.29) is 4.90 Å². The monoisotopic (exact) mass is 312 g/mol. The molecule has 0 saturated heterocycles. The highest BCUT2D eigenvalue weighted by molar-refractivity contribution is 7.85. The van der Waals surface area contributed by atoms with Crippen LogP contribution in [0.5, 0.6) is 0 Å². The topological polar surface area (TPSA) is 54.4 Å². The molecule has 0 unspecified atom stereocenters. The Labute approximate surface area is 129 Å². The van der Waals surface area contributed by atoms with Gasteiger partial charge in [0.05, 0.1) is 4.90 Å². The SMILES string of the molecule is CCCC1CCC(C)CC1.Cc1ccc(S(=O)(=O)O)cc1. The Balaban J connectivity index is 0.000000211. The minimum absolute atomic E-state index is 0.0666. The molecule has 1 aliphatic carbocycles. The molecule has 0 heterocycles. The van der Waals surface area contributed by atoms with E-state index >= 15 is 0 Å². The first kappa shape index (κ1) is 18.2. The Morgan fingerprint density at radius 1 is 1.10 bits per heavy atom. The Kier molecular flexibility index (Phi) is 7.40. The molecule has 1 N–H and O–H groups in total. The lowest BCUT2D eigenvalue weighted by molar-refractivity contribution is 0.276. The van der Waals surface area contributed by atoms with Crippen LogP contribution in [-0.2, 0) is 10.1 Å². The second kappa shape index (κ2) is 8.54. The van der Waals surface area contributed by atoms with Crippen molar-refractivity contribution in [1.82, 2.24) is 0 Å². The molecule has 0 aliphatic heterocycles. The van der Waals surface area contributed by atoms with E-state index in [4.69, 9.17) is 4.55 Å². The van der Waals surface area contributed by atoms with E-state index in [9.17, 15) is 8.42 Å². The molecule has 1 aromatic rings. The highest BCUT2D eigenvalue weighted by Gasteiger charge is 2.16. The second-order valence-corrected chi connectivity index (χ2v) is 7.62. The lowest BCUT2D eigenvalue weighted by Gasteiger charge is -2.25. The first-order valence-electron chi connectivity index (χ1n) is 7.87. The van der Waals surface area contributed by atoms with Crippen LogP contribution in [0.2, 0.25) is 0 Å². The van der Waals surface area contributed by atoms with E-state index in [0.29, 0.717) is 0 Å². The fourth-order valence-corrected chi connectivity index (χ4v) is 3.22. The summed E-state index contributed by atoms with van der Waals surface area (Å²) in [5, 5.41) is 0. The molecule has 1 aliphatic rings. The Bertz CT molecular complexity index is 497. The Morgan fingerprint density at radius 3 is 2.05 bits per heavy atom. The van der Waals surface area contributed by atoms with Gasteiger partial charge in [0.15, 0.2) is 0 Å². The van der Waals surface area contributed by atoms with Crippen molar-refractivity contribution in [2.75, 3.05) is 0 Å². The molecule has 0 atom stereocenters. The maximum atomic E-state index is 10.5. The molecule has 2 rings (SSSR count). The van der Waals surface area contributed by atoms with E-state index in [1.165, 1.54) is 50.7 Å². The fourth-order valence-electron chi connectivity index (χ4n) is 2.74. The molecule has 1 saturated carbocycles. The van der Waals surface area contributed by atoms with Gasteiger partial charge in [-0.1, -0.05) is 70.1 Å². The van der Waals surface area contributed by atoms with Crippen LogP contribution in [-0.4, -0.2) is 13.0 Å². The van der Waals surface area contributed by atoms with E-state index in [1.54, 1.807) is 12.1 Å². The van der Waals surface area contributed by atoms with Gasteiger partial charge in [0.25, 0.3) is 10.1 Å². The van der Waals surface area contributed by atoms with Crippen LogP contribution < -0.4 is 0 Å². The lowest BCUT2D eigenvalue weighted by Crippen LogP contribution is -2.11. The van der Waals surface area contributed by atoms with Crippen molar-refractivity contribution in [2.24, 2.45) is 11.8 Å². The number of benzene rings is 1. The summed E-state index contributed by atoms with van der Waals surface area (Å²) in [6.45, 7) is 6.54. The second-order valence-electron chi connectivity index (χ2n) is 6.20. The number of hydrogen-bond donors (Lipinski definition) is 1. The molecule has 0 radical (unpaired) electrons. The predicted molar refractivity (Wildman–Crippen MR) is 87.0 cm³/mol. The van der Waals surface area contributed by atoms with Crippen LogP contribution in [0.3, 0.4) is 0 Å². The van der Waals surface area contributed by atoms with Gasteiger partial charge in [-0.2, -0.15) is 8.42 Å². The van der Waals surface area contributed by atoms with Crippen LogP contribution in [0.4, 0.5) is 0 Å². The van der Waals surface area contributed by atoms with E-state index in [2.05, 4.69) is 13.8 Å². The van der Waals surface area contributed by atoms with E-state index in [0.717, 1.165) is 17.4 Å². The number of rotatable bonds is 3. The molecular formula is C17H28O3S. The third-order valence-corrected chi connectivity index (χ3v) is 5.02. The molecule has 120 valence electrons. The highest BCUT2D eigenvalue weighted by Crippen LogP contribution is 2.30. The van der Waals surface area contributed by atoms with Crippen LogP contribution >= 0.6 is 0 Å². The number of hydrogen-bond acceptors (Lipinski definition) is 2. The molecule has 4 heteroatoms. The van der Waals surface area contributed by atoms with Crippen molar-refractivity contribution in [3.05, 3.63) is 29.8 Å². The van der Waals surface area contributed by atoms with Gasteiger partial charge in [-0.15, -0.1) is 0 Å². The van der Waals surface area contributed by atoms with Crippen molar-refractivity contribution < 1.29 is 13.0 Å². The summed E-state index contributed by atoms with van der Waals surface area (Å²) in [6.07, 6.45) is 8.87. The molecular weight excluding hydrogens is 284 g/mol. The quantitative estimate of drug-likeness (QED) is 0.811. The van der Waals surface area contributed by atoms with Gasteiger partial charge in [-0.3, -0.25) is 4.55 Å². The zero-order chi connectivity index (χ0) is 15.9. The summed E-state index contributed by atoms with van der Waals surface area (Å²) in [5.41, 5.74) is 0.956. The third-order valence-electron chi connectivity index (χ3n) is 4.15. The molecule has 0 spiro atoms. The average Bonchev–Trinajstić information content (AvgIpc) is 2.42. The Hall–Kier alpha value is -0.870. The first-order chi connectivity index (χ1) is 9.82. The molecule has 0 bridgehead atoms. The summed E-state index contributed by atoms with van der Waals surface area (Å²) in [6, 6.07) is 5.99. The van der Waals surface area contributed by atoms with Crippen molar-refractivity contribution >= 4 is 10.1 Å². The minimum atomic E-state index is -4.02. The van der Waals surface area contributed by atoms with Crippen molar-refractivity contribution in [3.8, 4) is 0 Å². The smallest absolute Gasteiger partial charge is 0.282 e. The summed E-state index contributed by atoms with van der Waals surface area (Å²) in [7, 11) is -4.02. The van der Waals surface area contributed by atoms with Crippen LogP contribution in [0.1, 0.15) is 57.9 Å². The maximum absolute atomic E-state index is 10.5. The summed E-state index contributed by atoms with van der Waals surface area (Å²) < 4.78 is 29.6. The summed E-state index contributed by atoms with van der Waals surface area (Å²) in [4.78, 5) is -0.0666. The van der Waals surface area contributed by atoms with Crippen LogP contribution in [0.25, 0.3) is 0 Å². The average molecular weight is 312 g/mol. The predicted octanol–water partition coefficient (Wildman–Crippen LogP) is 4.85. The molecule has 0 amide bonds. The van der Waals surface area contributed by atoms with Gasteiger partial charge in [-0.25, -0.2) is 0 Å². The van der Waals surface area contributed by atoms with Gasteiger partial charge in [0, 0.05) is 0 Å². The van der Waals surface area contributed by atoms with Crippen molar-refractivity contribution in [3.63, 3.8) is 0 Å². The van der Waals surface area contributed by atoms with Gasteiger partial charge in [0.1, 0.15) is 0 Å². The van der Waals surface area contributed by atoms with Gasteiger partial charge >= 0.3 is 0 Å². The van der Waals surface area contributed by atoms with E-state index in [1.807, 2.05) is 6.92 Å². The van der Waals surface area contributed by atoms with Gasteiger partial charge in [-0.05, 0) is 30.9 Å². The largest absolute Gasteiger partial charge is 0.294 e. The summed E-state index contributed by atoms with van der Waals surface area (Å²) in [5.74, 6) is 2.11. The molecule has 1 fully saturated rings. The minimum Gasteiger partial charge on any atom is -0.282 e. The normalized spacial score (nSPS) is 22.3. The molecule has 3 nitrogen and oxygen atoms in total. The van der Waals surface area contributed by atoms with Gasteiger partial charge in [0.2, 0.25) is 0 Å². The van der Waals surface area contributed by atoms with Crippen molar-refractivity contribution in [1.29, 1.82) is 0 Å². The highest BCUT2D eigenvalue weighted by atomic mass is 32.2. The molecule has 0 aromatic heterocycles. The lowest BCUT2D eigenvalue weighted by atomic mass is 9.81.